The summed E-state index contributed by atoms with van der Waals surface area (Å²) in [5.41, 5.74) is 2.82. The van der Waals surface area contributed by atoms with Crippen LogP contribution in [0.5, 0.6) is 0 Å². The van der Waals surface area contributed by atoms with Crippen molar-refractivity contribution in [3.8, 4) is 6.07 Å². The van der Waals surface area contributed by atoms with Gasteiger partial charge >= 0.3 is 6.03 Å². The molecule has 1 aliphatic heterocycles. The summed E-state index contributed by atoms with van der Waals surface area (Å²) in [5.74, 6) is 0. The summed E-state index contributed by atoms with van der Waals surface area (Å²) < 4.78 is 27.9. The molecule has 3 aromatic carbocycles. The number of nitrogens with one attached hydrogen (secondary N) is 2. The van der Waals surface area contributed by atoms with Gasteiger partial charge in [-0.25, -0.2) is 13.2 Å². The van der Waals surface area contributed by atoms with Crippen molar-refractivity contribution in [3.05, 3.63) is 95.6 Å². The molecule has 3 aromatic rings. The molecule has 0 bridgehead atoms. The molecule has 0 radical (unpaired) electrons. The van der Waals surface area contributed by atoms with Crippen LogP contribution >= 0.6 is 0 Å². The van der Waals surface area contributed by atoms with E-state index in [2.05, 4.69) is 16.7 Å². The van der Waals surface area contributed by atoms with Gasteiger partial charge in [0.1, 0.15) is 0 Å². The SMILES string of the molecule is Cc1cccc(C2(C#N)CCN(S(=O)(=O)c3ccc(NC(=O)NCc4ccccc4)cc3)CC2)c1. The summed E-state index contributed by atoms with van der Waals surface area (Å²) in [6, 6.07) is 25.6. The Labute approximate surface area is 206 Å². The lowest BCUT2D eigenvalue weighted by Gasteiger charge is -2.37. The van der Waals surface area contributed by atoms with E-state index in [1.54, 1.807) is 12.1 Å². The van der Waals surface area contributed by atoms with Crippen molar-refractivity contribution in [1.29, 1.82) is 5.26 Å². The zero-order chi connectivity index (χ0) is 24.9. The molecule has 35 heavy (non-hydrogen) atoms. The van der Waals surface area contributed by atoms with E-state index < -0.39 is 15.4 Å². The third-order valence-corrected chi connectivity index (χ3v) is 8.32. The number of carbonyl (C=O) groups excluding carboxylic acids is 1. The van der Waals surface area contributed by atoms with E-state index in [4.69, 9.17) is 0 Å². The van der Waals surface area contributed by atoms with Crippen LogP contribution in [0.4, 0.5) is 10.5 Å². The Balaban J connectivity index is 1.37. The second-order valence-corrected chi connectivity index (χ2v) is 10.7. The molecule has 7 nitrogen and oxygen atoms in total. The Morgan fingerprint density at radius 3 is 2.31 bits per heavy atom. The lowest BCUT2D eigenvalue weighted by Crippen LogP contribution is -2.44. The largest absolute Gasteiger partial charge is 0.334 e. The van der Waals surface area contributed by atoms with Gasteiger partial charge in [-0.05, 0) is 55.2 Å². The van der Waals surface area contributed by atoms with Crippen LogP contribution < -0.4 is 10.6 Å². The highest BCUT2D eigenvalue weighted by atomic mass is 32.2. The Hall–Kier alpha value is -3.67. The fourth-order valence-electron chi connectivity index (χ4n) is 4.33. The Kier molecular flexibility index (Phi) is 7.20. The number of nitriles is 1. The first-order valence-corrected chi connectivity index (χ1v) is 12.9. The van der Waals surface area contributed by atoms with Crippen LogP contribution in [-0.2, 0) is 22.0 Å². The maximum atomic E-state index is 13.2. The topological polar surface area (TPSA) is 102 Å². The molecular weight excluding hydrogens is 460 g/mol. The van der Waals surface area contributed by atoms with Gasteiger partial charge < -0.3 is 10.6 Å². The number of sulfonamides is 1. The van der Waals surface area contributed by atoms with Crippen molar-refractivity contribution in [2.45, 2.75) is 36.6 Å². The first-order valence-electron chi connectivity index (χ1n) is 11.5. The lowest BCUT2D eigenvalue weighted by molar-refractivity contribution is 0.251. The number of nitrogens with zero attached hydrogens (tertiary/aromatic N) is 2. The Bertz CT molecular complexity index is 1320. The summed E-state index contributed by atoms with van der Waals surface area (Å²) in [4.78, 5) is 12.3. The summed E-state index contributed by atoms with van der Waals surface area (Å²) in [5, 5.41) is 15.4. The van der Waals surface area contributed by atoms with Gasteiger partial charge in [0.25, 0.3) is 0 Å². The number of hydrogen-bond acceptors (Lipinski definition) is 4. The van der Waals surface area contributed by atoms with Gasteiger partial charge in [-0.3, -0.25) is 0 Å². The number of piperidine rings is 1. The highest BCUT2D eigenvalue weighted by Gasteiger charge is 2.40. The minimum absolute atomic E-state index is 0.160. The Morgan fingerprint density at radius 2 is 1.69 bits per heavy atom. The van der Waals surface area contributed by atoms with Crippen molar-refractivity contribution < 1.29 is 13.2 Å². The van der Waals surface area contributed by atoms with Crippen LogP contribution in [0.25, 0.3) is 0 Å². The van der Waals surface area contributed by atoms with E-state index in [0.29, 0.717) is 25.1 Å². The lowest BCUT2D eigenvalue weighted by atomic mass is 9.74. The maximum absolute atomic E-state index is 13.2. The smallest absolute Gasteiger partial charge is 0.319 e. The molecule has 1 saturated heterocycles. The van der Waals surface area contributed by atoms with Gasteiger partial charge in [0.05, 0.1) is 16.4 Å². The van der Waals surface area contributed by atoms with Crippen LogP contribution in [0.2, 0.25) is 0 Å². The summed E-state index contributed by atoms with van der Waals surface area (Å²) in [6.45, 7) is 2.91. The molecular formula is C27H28N4O3S. The molecule has 2 N–H and O–H groups in total. The number of carbonyl (C=O) groups is 1. The third-order valence-electron chi connectivity index (χ3n) is 6.41. The summed E-state index contributed by atoms with van der Waals surface area (Å²) in [7, 11) is -3.71. The van der Waals surface area contributed by atoms with Crippen molar-refractivity contribution in [1.82, 2.24) is 9.62 Å². The number of hydrogen-bond donors (Lipinski definition) is 2. The number of urea groups is 1. The monoisotopic (exact) mass is 488 g/mol. The van der Waals surface area contributed by atoms with E-state index in [0.717, 1.165) is 16.7 Å². The summed E-state index contributed by atoms with van der Waals surface area (Å²) in [6.07, 6.45) is 0.876. The fourth-order valence-corrected chi connectivity index (χ4v) is 5.77. The van der Waals surface area contributed by atoms with Crippen LogP contribution in [-0.4, -0.2) is 31.8 Å². The quantitative estimate of drug-likeness (QED) is 0.531. The molecule has 0 aliphatic carbocycles. The van der Waals surface area contributed by atoms with Crippen molar-refractivity contribution in [2.24, 2.45) is 0 Å². The van der Waals surface area contributed by atoms with Crippen molar-refractivity contribution in [2.75, 3.05) is 18.4 Å². The van der Waals surface area contributed by atoms with E-state index in [9.17, 15) is 18.5 Å². The second-order valence-electron chi connectivity index (χ2n) is 8.79. The van der Waals surface area contributed by atoms with E-state index >= 15 is 0 Å². The normalized spacial score (nSPS) is 15.7. The van der Waals surface area contributed by atoms with E-state index in [-0.39, 0.29) is 24.0 Å². The molecule has 0 atom stereocenters. The van der Waals surface area contributed by atoms with Crippen LogP contribution in [0, 0.1) is 18.3 Å². The third kappa shape index (κ3) is 5.53. The predicted molar refractivity (Wildman–Crippen MR) is 135 cm³/mol. The zero-order valence-electron chi connectivity index (χ0n) is 19.6. The number of rotatable bonds is 6. The average Bonchev–Trinajstić information content (AvgIpc) is 2.88. The zero-order valence-corrected chi connectivity index (χ0v) is 20.4. The number of anilines is 1. The standard InChI is InChI=1S/C27H28N4O3S/c1-21-6-5-9-23(18-21)27(20-28)14-16-31(17-15-27)35(33,34)25-12-10-24(11-13-25)30-26(32)29-19-22-7-3-2-4-8-22/h2-13,18H,14-17,19H2,1H3,(H2,29,30,32). The molecule has 1 heterocycles. The van der Waals surface area contributed by atoms with E-state index in [1.165, 1.54) is 16.4 Å². The second kappa shape index (κ2) is 10.3. The molecule has 1 aliphatic rings. The first-order chi connectivity index (χ1) is 16.8. The maximum Gasteiger partial charge on any atom is 0.319 e. The predicted octanol–water partition coefficient (Wildman–Crippen LogP) is 4.56. The van der Waals surface area contributed by atoms with Crippen LogP contribution in [0.15, 0.2) is 83.8 Å². The summed E-state index contributed by atoms with van der Waals surface area (Å²) >= 11 is 0. The number of benzene rings is 3. The van der Waals surface area contributed by atoms with Crippen LogP contribution in [0.1, 0.15) is 29.5 Å². The fraction of sp³-hybridized carbons (Fsp3) is 0.259. The van der Waals surface area contributed by atoms with Gasteiger partial charge in [0, 0.05) is 25.3 Å². The molecule has 4 rings (SSSR count). The van der Waals surface area contributed by atoms with Gasteiger partial charge in [-0.1, -0.05) is 60.2 Å². The molecule has 0 spiro atoms. The highest BCUT2D eigenvalue weighted by Crippen LogP contribution is 2.37. The molecule has 180 valence electrons. The molecule has 2 amide bonds. The number of aryl methyl sites for hydroxylation is 1. The highest BCUT2D eigenvalue weighted by molar-refractivity contribution is 7.89. The molecule has 0 aromatic heterocycles. The molecule has 0 unspecified atom stereocenters. The minimum atomic E-state index is -3.71. The molecule has 0 saturated carbocycles. The van der Waals surface area contributed by atoms with Crippen molar-refractivity contribution in [3.63, 3.8) is 0 Å². The minimum Gasteiger partial charge on any atom is -0.334 e. The first kappa shape index (κ1) is 24.5. The van der Waals surface area contributed by atoms with Gasteiger partial charge in [-0.2, -0.15) is 9.57 Å². The molecule has 8 heteroatoms. The number of amides is 2. The van der Waals surface area contributed by atoms with Gasteiger partial charge in [0.15, 0.2) is 0 Å². The van der Waals surface area contributed by atoms with E-state index in [1.807, 2.05) is 61.5 Å². The van der Waals surface area contributed by atoms with Gasteiger partial charge in [0.2, 0.25) is 10.0 Å². The van der Waals surface area contributed by atoms with Crippen molar-refractivity contribution >= 4 is 21.7 Å². The average molecular weight is 489 g/mol. The Morgan fingerprint density at radius 1 is 1.00 bits per heavy atom. The van der Waals surface area contributed by atoms with Crippen LogP contribution in [0.3, 0.4) is 0 Å². The molecule has 1 fully saturated rings. The van der Waals surface area contributed by atoms with Gasteiger partial charge in [-0.15, -0.1) is 0 Å².